The normalized spacial score (nSPS) is 11.8. The van der Waals surface area contributed by atoms with Crippen LogP contribution in [0.4, 0.5) is 0 Å². The second kappa shape index (κ2) is 6.92. The Morgan fingerprint density at radius 1 is 1.37 bits per heavy atom. The summed E-state index contributed by atoms with van der Waals surface area (Å²) in [6.07, 6.45) is 0.448. The fraction of sp³-hybridized carbons (Fsp3) is 0.467. The molecular formula is C15H21NO3. The molecule has 1 aromatic carbocycles. The fourth-order valence-electron chi connectivity index (χ4n) is 2.01. The Balaban J connectivity index is 2.74. The zero-order valence-electron chi connectivity index (χ0n) is 12.0. The van der Waals surface area contributed by atoms with E-state index in [1.165, 1.54) is 7.11 Å². The predicted molar refractivity (Wildman–Crippen MR) is 73.5 cm³/mol. The average Bonchev–Trinajstić information content (AvgIpc) is 2.39. The first-order chi connectivity index (χ1) is 8.99. The van der Waals surface area contributed by atoms with Crippen LogP contribution in [0.1, 0.15) is 24.5 Å². The van der Waals surface area contributed by atoms with E-state index < -0.39 is 11.9 Å². The number of benzene rings is 1. The lowest BCUT2D eigenvalue weighted by molar-refractivity contribution is -0.153. The maximum atomic E-state index is 12.2. The highest BCUT2D eigenvalue weighted by molar-refractivity contribution is 5.97. The third-order valence-corrected chi connectivity index (χ3v) is 3.07. The minimum atomic E-state index is -0.709. The van der Waals surface area contributed by atoms with Crippen molar-refractivity contribution in [1.82, 2.24) is 4.90 Å². The minimum absolute atomic E-state index is 0.198. The van der Waals surface area contributed by atoms with Gasteiger partial charge in [-0.25, -0.2) is 0 Å². The van der Waals surface area contributed by atoms with Crippen molar-refractivity contribution in [2.24, 2.45) is 5.92 Å². The molecule has 0 radical (unpaired) electrons. The molecule has 0 fully saturated rings. The SMILES string of the molecule is CCC(C(=O)OC)C(=O)N(C)Cc1cccc(C)c1. The lowest BCUT2D eigenvalue weighted by Gasteiger charge is -2.21. The monoisotopic (exact) mass is 263 g/mol. The number of nitrogens with zero attached hydrogens (tertiary/aromatic N) is 1. The molecule has 0 aliphatic carbocycles. The Morgan fingerprint density at radius 3 is 2.58 bits per heavy atom. The van der Waals surface area contributed by atoms with Crippen molar-refractivity contribution in [3.63, 3.8) is 0 Å². The van der Waals surface area contributed by atoms with Gasteiger partial charge in [0.15, 0.2) is 0 Å². The van der Waals surface area contributed by atoms with Crippen LogP contribution in [0.5, 0.6) is 0 Å². The standard InChI is InChI=1S/C15H21NO3/c1-5-13(15(18)19-4)14(17)16(3)10-12-8-6-7-11(2)9-12/h6-9,13H,5,10H2,1-4H3. The van der Waals surface area contributed by atoms with E-state index in [0.29, 0.717) is 13.0 Å². The zero-order valence-corrected chi connectivity index (χ0v) is 12.0. The smallest absolute Gasteiger partial charge is 0.318 e. The first-order valence-electron chi connectivity index (χ1n) is 6.38. The Kier molecular flexibility index (Phi) is 5.55. The van der Waals surface area contributed by atoms with Crippen LogP contribution in [-0.4, -0.2) is 30.9 Å². The number of carbonyl (C=O) groups excluding carboxylic acids is 2. The van der Waals surface area contributed by atoms with Gasteiger partial charge in [-0.2, -0.15) is 0 Å². The number of hydrogen-bond donors (Lipinski definition) is 0. The van der Waals surface area contributed by atoms with Gasteiger partial charge in [0.1, 0.15) is 5.92 Å². The summed E-state index contributed by atoms with van der Waals surface area (Å²) in [7, 11) is 3.01. The number of carbonyl (C=O) groups is 2. The number of rotatable bonds is 5. The topological polar surface area (TPSA) is 46.6 Å². The van der Waals surface area contributed by atoms with Crippen molar-refractivity contribution in [1.29, 1.82) is 0 Å². The molecule has 0 saturated carbocycles. The van der Waals surface area contributed by atoms with E-state index in [9.17, 15) is 9.59 Å². The van der Waals surface area contributed by atoms with Crippen LogP contribution in [0.15, 0.2) is 24.3 Å². The van der Waals surface area contributed by atoms with Gasteiger partial charge in [0.2, 0.25) is 5.91 Å². The molecule has 104 valence electrons. The Labute approximate surface area is 114 Å². The molecule has 19 heavy (non-hydrogen) atoms. The Hall–Kier alpha value is -1.84. The van der Waals surface area contributed by atoms with E-state index in [1.807, 2.05) is 31.2 Å². The van der Waals surface area contributed by atoms with E-state index in [2.05, 4.69) is 4.74 Å². The van der Waals surface area contributed by atoms with Crippen molar-refractivity contribution >= 4 is 11.9 Å². The second-order valence-corrected chi connectivity index (χ2v) is 4.67. The molecule has 1 amide bonds. The third-order valence-electron chi connectivity index (χ3n) is 3.07. The molecule has 0 spiro atoms. The quantitative estimate of drug-likeness (QED) is 0.604. The van der Waals surface area contributed by atoms with Gasteiger partial charge in [-0.05, 0) is 18.9 Å². The van der Waals surface area contributed by atoms with Gasteiger partial charge in [0.05, 0.1) is 7.11 Å². The fourth-order valence-corrected chi connectivity index (χ4v) is 2.01. The molecule has 1 aromatic rings. The van der Waals surface area contributed by atoms with Gasteiger partial charge in [-0.15, -0.1) is 0 Å². The molecule has 0 aliphatic heterocycles. The lowest BCUT2D eigenvalue weighted by Crippen LogP contribution is -2.36. The number of esters is 1. The van der Waals surface area contributed by atoms with Gasteiger partial charge < -0.3 is 9.64 Å². The number of aryl methyl sites for hydroxylation is 1. The molecule has 0 bridgehead atoms. The first kappa shape index (κ1) is 15.2. The molecule has 0 saturated heterocycles. The van der Waals surface area contributed by atoms with Crippen molar-refractivity contribution in [2.45, 2.75) is 26.8 Å². The highest BCUT2D eigenvalue weighted by Crippen LogP contribution is 2.12. The summed E-state index contributed by atoms with van der Waals surface area (Å²) in [6, 6.07) is 7.97. The summed E-state index contributed by atoms with van der Waals surface area (Å²) in [4.78, 5) is 25.3. The van der Waals surface area contributed by atoms with Crippen LogP contribution in [0.2, 0.25) is 0 Å². The Morgan fingerprint density at radius 2 is 2.05 bits per heavy atom. The van der Waals surface area contributed by atoms with Gasteiger partial charge >= 0.3 is 5.97 Å². The van der Waals surface area contributed by atoms with Crippen LogP contribution in [0.25, 0.3) is 0 Å². The molecule has 1 unspecified atom stereocenters. The van der Waals surface area contributed by atoms with Crippen LogP contribution in [0.3, 0.4) is 0 Å². The highest BCUT2D eigenvalue weighted by atomic mass is 16.5. The molecule has 1 rings (SSSR count). The maximum Gasteiger partial charge on any atom is 0.318 e. The number of hydrogen-bond acceptors (Lipinski definition) is 3. The summed E-state index contributed by atoms with van der Waals surface area (Å²) in [5.74, 6) is -1.38. The van der Waals surface area contributed by atoms with Gasteiger partial charge in [0, 0.05) is 13.6 Å². The number of ether oxygens (including phenoxy) is 1. The second-order valence-electron chi connectivity index (χ2n) is 4.67. The summed E-state index contributed by atoms with van der Waals surface area (Å²) in [5.41, 5.74) is 2.20. The first-order valence-corrected chi connectivity index (χ1v) is 6.38. The van der Waals surface area contributed by atoms with E-state index >= 15 is 0 Å². The van der Waals surface area contributed by atoms with Crippen LogP contribution < -0.4 is 0 Å². The molecule has 0 aliphatic rings. The van der Waals surface area contributed by atoms with Crippen molar-refractivity contribution in [2.75, 3.05) is 14.2 Å². The van der Waals surface area contributed by atoms with Crippen LogP contribution in [0, 0.1) is 12.8 Å². The van der Waals surface area contributed by atoms with Crippen LogP contribution in [-0.2, 0) is 20.9 Å². The number of amides is 1. The van der Waals surface area contributed by atoms with E-state index in [0.717, 1.165) is 11.1 Å². The predicted octanol–water partition coefficient (Wildman–Crippen LogP) is 2.15. The lowest BCUT2D eigenvalue weighted by atomic mass is 10.0. The summed E-state index contributed by atoms with van der Waals surface area (Å²) < 4.78 is 4.66. The molecule has 0 heterocycles. The maximum absolute atomic E-state index is 12.2. The average molecular weight is 263 g/mol. The third kappa shape index (κ3) is 4.09. The van der Waals surface area contributed by atoms with Crippen molar-refractivity contribution < 1.29 is 14.3 Å². The molecular weight excluding hydrogens is 242 g/mol. The van der Waals surface area contributed by atoms with Crippen molar-refractivity contribution in [3.05, 3.63) is 35.4 Å². The molecule has 1 atom stereocenters. The van der Waals surface area contributed by atoms with E-state index in [1.54, 1.807) is 18.9 Å². The summed E-state index contributed by atoms with van der Waals surface area (Å²) in [5, 5.41) is 0. The molecule has 0 aromatic heterocycles. The van der Waals surface area contributed by atoms with E-state index in [-0.39, 0.29) is 5.91 Å². The summed E-state index contributed by atoms with van der Waals surface area (Å²) >= 11 is 0. The number of methoxy groups -OCH3 is 1. The zero-order chi connectivity index (χ0) is 14.4. The largest absolute Gasteiger partial charge is 0.468 e. The molecule has 4 nitrogen and oxygen atoms in total. The van der Waals surface area contributed by atoms with E-state index in [4.69, 9.17) is 0 Å². The Bertz CT molecular complexity index is 456. The molecule has 0 N–H and O–H groups in total. The van der Waals surface area contributed by atoms with Crippen LogP contribution >= 0.6 is 0 Å². The van der Waals surface area contributed by atoms with Gasteiger partial charge in [-0.1, -0.05) is 36.8 Å². The summed E-state index contributed by atoms with van der Waals surface area (Å²) in [6.45, 7) is 4.31. The van der Waals surface area contributed by atoms with Gasteiger partial charge in [0.25, 0.3) is 0 Å². The van der Waals surface area contributed by atoms with Crippen molar-refractivity contribution in [3.8, 4) is 0 Å². The highest BCUT2D eigenvalue weighted by Gasteiger charge is 2.28. The van der Waals surface area contributed by atoms with Gasteiger partial charge in [-0.3, -0.25) is 9.59 Å². The minimum Gasteiger partial charge on any atom is -0.468 e. The molecule has 4 heteroatoms.